The van der Waals surface area contributed by atoms with Crippen LogP contribution in [0.2, 0.25) is 0 Å². The Morgan fingerprint density at radius 1 is 1.28 bits per heavy atom. The van der Waals surface area contributed by atoms with E-state index in [0.29, 0.717) is 12.0 Å². The Balaban J connectivity index is 2.05. The van der Waals surface area contributed by atoms with E-state index >= 15 is 0 Å². The number of nitrogens with one attached hydrogen (secondary N) is 1. The summed E-state index contributed by atoms with van der Waals surface area (Å²) < 4.78 is 44.3. The Hall–Kier alpha value is -1.92. The lowest BCUT2D eigenvalue weighted by Gasteiger charge is -2.23. The van der Waals surface area contributed by atoms with Gasteiger partial charge in [-0.15, -0.1) is 13.2 Å². The van der Waals surface area contributed by atoms with E-state index < -0.39 is 12.5 Å². The van der Waals surface area contributed by atoms with Gasteiger partial charge in [0.1, 0.15) is 5.75 Å². The van der Waals surface area contributed by atoms with Crippen molar-refractivity contribution < 1.29 is 27.4 Å². The van der Waals surface area contributed by atoms with E-state index in [1.807, 2.05) is 0 Å². The van der Waals surface area contributed by atoms with Crippen molar-refractivity contribution in [2.45, 2.75) is 18.8 Å². The molecular formula is C11H10F3NO3. The Labute approximate surface area is 101 Å². The van der Waals surface area contributed by atoms with Crippen molar-refractivity contribution in [1.29, 1.82) is 0 Å². The molecule has 1 heterocycles. The van der Waals surface area contributed by atoms with E-state index in [1.54, 1.807) is 0 Å². The SMILES string of the molecule is O=C1N[C@H](c2ccc(OC(F)(F)F)cc2)CCO1. The third-order valence-electron chi connectivity index (χ3n) is 2.45. The van der Waals surface area contributed by atoms with Gasteiger partial charge in [0.2, 0.25) is 0 Å². The summed E-state index contributed by atoms with van der Waals surface area (Å²) in [5, 5.41) is 2.58. The van der Waals surface area contributed by atoms with Gasteiger partial charge in [0, 0.05) is 6.42 Å². The first-order chi connectivity index (χ1) is 8.44. The predicted octanol–water partition coefficient (Wildman–Crippen LogP) is 2.76. The zero-order valence-corrected chi connectivity index (χ0v) is 9.16. The van der Waals surface area contributed by atoms with Gasteiger partial charge < -0.3 is 14.8 Å². The fourth-order valence-corrected chi connectivity index (χ4v) is 1.68. The largest absolute Gasteiger partial charge is 0.573 e. The zero-order chi connectivity index (χ0) is 13.2. The molecule has 0 saturated carbocycles. The van der Waals surface area contributed by atoms with E-state index in [4.69, 9.17) is 4.74 Å². The van der Waals surface area contributed by atoms with Crippen LogP contribution in [0.5, 0.6) is 5.75 Å². The molecule has 7 heteroatoms. The van der Waals surface area contributed by atoms with Crippen LogP contribution in [0.15, 0.2) is 24.3 Å². The van der Waals surface area contributed by atoms with E-state index in [9.17, 15) is 18.0 Å². The second-order valence-corrected chi connectivity index (χ2v) is 3.74. The molecule has 1 aromatic carbocycles. The van der Waals surface area contributed by atoms with Crippen molar-refractivity contribution >= 4 is 6.09 Å². The van der Waals surface area contributed by atoms with Gasteiger partial charge in [-0.3, -0.25) is 0 Å². The highest BCUT2D eigenvalue weighted by atomic mass is 19.4. The van der Waals surface area contributed by atoms with Crippen LogP contribution in [-0.4, -0.2) is 19.1 Å². The van der Waals surface area contributed by atoms with Gasteiger partial charge in [-0.05, 0) is 17.7 Å². The molecule has 2 rings (SSSR count). The van der Waals surface area contributed by atoms with Crippen molar-refractivity contribution in [1.82, 2.24) is 5.32 Å². The molecule has 1 saturated heterocycles. The summed E-state index contributed by atoms with van der Waals surface area (Å²) in [6.45, 7) is 0.289. The molecule has 1 aliphatic heterocycles. The minimum atomic E-state index is -4.70. The summed E-state index contributed by atoms with van der Waals surface area (Å²) in [5.41, 5.74) is 0.709. The number of hydrogen-bond acceptors (Lipinski definition) is 3. The Bertz CT molecular complexity index is 430. The smallest absolute Gasteiger partial charge is 0.449 e. The molecule has 0 radical (unpaired) electrons. The highest BCUT2D eigenvalue weighted by molar-refractivity contribution is 5.68. The first-order valence-electron chi connectivity index (χ1n) is 5.23. The molecular weight excluding hydrogens is 251 g/mol. The number of cyclic esters (lactones) is 1. The number of carbonyl (C=O) groups excluding carboxylic acids is 1. The van der Waals surface area contributed by atoms with Crippen molar-refractivity contribution in [2.75, 3.05) is 6.61 Å². The van der Waals surface area contributed by atoms with Crippen LogP contribution in [0.3, 0.4) is 0 Å². The van der Waals surface area contributed by atoms with Crippen molar-refractivity contribution in [3.05, 3.63) is 29.8 Å². The van der Waals surface area contributed by atoms with E-state index in [0.717, 1.165) is 0 Å². The molecule has 0 aliphatic carbocycles. The van der Waals surface area contributed by atoms with E-state index in [2.05, 4.69) is 10.1 Å². The fraction of sp³-hybridized carbons (Fsp3) is 0.364. The number of amides is 1. The third kappa shape index (κ3) is 3.28. The second-order valence-electron chi connectivity index (χ2n) is 3.74. The molecule has 98 valence electrons. The van der Waals surface area contributed by atoms with E-state index in [-0.39, 0.29) is 18.4 Å². The standard InChI is InChI=1S/C11H10F3NO3/c12-11(13,14)18-8-3-1-7(2-4-8)9-5-6-17-10(16)15-9/h1-4,9H,5-6H2,(H,15,16)/t9-/m0/s1. The molecule has 1 aliphatic rings. The fourth-order valence-electron chi connectivity index (χ4n) is 1.68. The highest BCUT2D eigenvalue weighted by Gasteiger charge is 2.31. The van der Waals surface area contributed by atoms with Crippen LogP contribution >= 0.6 is 0 Å². The number of alkyl halides is 3. The lowest BCUT2D eigenvalue weighted by molar-refractivity contribution is -0.274. The molecule has 18 heavy (non-hydrogen) atoms. The number of carbonyl (C=O) groups is 1. The Morgan fingerprint density at radius 2 is 1.94 bits per heavy atom. The second kappa shape index (κ2) is 4.75. The Kier molecular flexibility index (Phi) is 3.31. The zero-order valence-electron chi connectivity index (χ0n) is 9.16. The maximum atomic E-state index is 12.0. The van der Waals surface area contributed by atoms with Crippen LogP contribution < -0.4 is 10.1 Å². The lowest BCUT2D eigenvalue weighted by atomic mass is 10.0. The number of alkyl carbamates (subject to hydrolysis) is 1. The van der Waals surface area contributed by atoms with Gasteiger partial charge in [-0.1, -0.05) is 12.1 Å². The summed E-state index contributed by atoms with van der Waals surface area (Å²) in [4.78, 5) is 11.0. The summed E-state index contributed by atoms with van der Waals surface area (Å²) in [6, 6.07) is 5.15. The molecule has 1 aromatic rings. The van der Waals surface area contributed by atoms with Gasteiger partial charge in [0.15, 0.2) is 0 Å². The minimum Gasteiger partial charge on any atom is -0.449 e. The van der Waals surface area contributed by atoms with Crippen molar-refractivity contribution in [3.63, 3.8) is 0 Å². The minimum absolute atomic E-state index is 0.244. The molecule has 0 spiro atoms. The quantitative estimate of drug-likeness (QED) is 0.890. The van der Waals surface area contributed by atoms with E-state index in [1.165, 1.54) is 24.3 Å². The summed E-state index contributed by atoms with van der Waals surface area (Å²) >= 11 is 0. The van der Waals surface area contributed by atoms with Crippen LogP contribution in [0, 0.1) is 0 Å². The summed E-state index contributed by atoms with van der Waals surface area (Å²) in [6.07, 6.45) is -4.65. The topological polar surface area (TPSA) is 47.6 Å². The average molecular weight is 261 g/mol. The van der Waals surface area contributed by atoms with Crippen LogP contribution in [0.25, 0.3) is 0 Å². The van der Waals surface area contributed by atoms with Gasteiger partial charge in [-0.25, -0.2) is 4.79 Å². The van der Waals surface area contributed by atoms with Gasteiger partial charge in [0.05, 0.1) is 12.6 Å². The van der Waals surface area contributed by atoms with Crippen LogP contribution in [-0.2, 0) is 4.74 Å². The predicted molar refractivity (Wildman–Crippen MR) is 55.0 cm³/mol. The molecule has 4 nitrogen and oxygen atoms in total. The molecule has 0 unspecified atom stereocenters. The first kappa shape index (κ1) is 12.5. The first-order valence-corrected chi connectivity index (χ1v) is 5.23. The maximum Gasteiger partial charge on any atom is 0.573 e. The van der Waals surface area contributed by atoms with Gasteiger partial charge in [-0.2, -0.15) is 0 Å². The Morgan fingerprint density at radius 3 is 2.50 bits per heavy atom. The van der Waals surface area contributed by atoms with Gasteiger partial charge >= 0.3 is 12.5 Å². The molecule has 1 atom stereocenters. The van der Waals surface area contributed by atoms with Crippen LogP contribution in [0.4, 0.5) is 18.0 Å². The number of halogens is 3. The monoisotopic (exact) mass is 261 g/mol. The molecule has 1 fully saturated rings. The molecule has 1 amide bonds. The number of hydrogen-bond donors (Lipinski definition) is 1. The normalized spacial score (nSPS) is 19.9. The average Bonchev–Trinajstić information content (AvgIpc) is 2.28. The molecule has 0 aromatic heterocycles. The number of ether oxygens (including phenoxy) is 2. The third-order valence-corrected chi connectivity index (χ3v) is 2.45. The van der Waals surface area contributed by atoms with Crippen molar-refractivity contribution in [2.24, 2.45) is 0 Å². The summed E-state index contributed by atoms with van der Waals surface area (Å²) in [5.74, 6) is -0.287. The number of benzene rings is 1. The maximum absolute atomic E-state index is 12.0. The highest BCUT2D eigenvalue weighted by Crippen LogP contribution is 2.26. The van der Waals surface area contributed by atoms with Gasteiger partial charge in [0.25, 0.3) is 0 Å². The molecule has 1 N–H and O–H groups in total. The summed E-state index contributed by atoms with van der Waals surface area (Å²) in [7, 11) is 0. The lowest BCUT2D eigenvalue weighted by Crippen LogP contribution is -2.35. The molecule has 0 bridgehead atoms. The number of rotatable bonds is 2. The van der Waals surface area contributed by atoms with Crippen LogP contribution in [0.1, 0.15) is 18.0 Å². The van der Waals surface area contributed by atoms with Crippen molar-refractivity contribution in [3.8, 4) is 5.75 Å².